The molecule has 4 rings (SSSR count). The van der Waals surface area contributed by atoms with Gasteiger partial charge >= 0.3 is 7.60 Å². The number of anilines is 1. The molecule has 1 aliphatic heterocycles. The molecule has 1 saturated heterocycles. The number of carbonyl (C=O) groups excluding carboxylic acids is 1. The fourth-order valence-corrected chi connectivity index (χ4v) is 7.02. The molecular formula is C26H32N3O8PS2. The van der Waals surface area contributed by atoms with Crippen LogP contribution in [-0.2, 0) is 29.6 Å². The Bertz CT molecular complexity index is 1460. The minimum absolute atomic E-state index is 0.00365. The van der Waals surface area contributed by atoms with Gasteiger partial charge < -0.3 is 18.6 Å². The Morgan fingerprint density at radius 1 is 1.02 bits per heavy atom. The summed E-state index contributed by atoms with van der Waals surface area (Å²) in [6, 6.07) is 10.8. The number of nitrogens with zero attached hydrogens (tertiary/aromatic N) is 2. The zero-order valence-electron chi connectivity index (χ0n) is 22.5. The summed E-state index contributed by atoms with van der Waals surface area (Å²) in [5, 5.41) is 6.61. The van der Waals surface area contributed by atoms with Gasteiger partial charge in [-0.2, -0.15) is 0 Å². The molecular weight excluding hydrogens is 577 g/mol. The van der Waals surface area contributed by atoms with E-state index in [1.54, 1.807) is 49.6 Å². The first-order valence-corrected chi connectivity index (χ1v) is 17.3. The Hall–Kier alpha value is -2.80. The number of hydrogen-bond donors (Lipinski definition) is 1. The minimum atomic E-state index is -3.34. The molecule has 1 fully saturated rings. The van der Waals surface area contributed by atoms with E-state index < -0.39 is 23.3 Å². The predicted molar refractivity (Wildman–Crippen MR) is 152 cm³/mol. The summed E-state index contributed by atoms with van der Waals surface area (Å²) in [6.45, 7) is 5.51. The summed E-state index contributed by atoms with van der Waals surface area (Å²) < 4.78 is 53.0. The van der Waals surface area contributed by atoms with Crippen LogP contribution in [0.15, 0.2) is 52.7 Å². The smallest absolute Gasteiger partial charge is 0.336 e. The van der Waals surface area contributed by atoms with Gasteiger partial charge in [-0.05, 0) is 63.1 Å². The zero-order valence-corrected chi connectivity index (χ0v) is 25.0. The molecule has 0 spiro atoms. The Labute approximate surface area is 237 Å². The Balaban J connectivity index is 1.53. The zero-order chi connectivity index (χ0) is 28.8. The van der Waals surface area contributed by atoms with Gasteiger partial charge in [-0.1, -0.05) is 0 Å². The number of aromatic nitrogens is 1. The van der Waals surface area contributed by atoms with Gasteiger partial charge in [0, 0.05) is 36.4 Å². The molecule has 0 radical (unpaired) electrons. The first-order chi connectivity index (χ1) is 19.1. The van der Waals surface area contributed by atoms with Crippen LogP contribution in [-0.4, -0.2) is 56.9 Å². The second-order valence-corrected chi connectivity index (χ2v) is 13.9. The molecule has 2 heterocycles. The van der Waals surface area contributed by atoms with Gasteiger partial charge in [0.05, 0.1) is 30.0 Å². The SMILES string of the molecule is CCOP(=O)(Cc1csc(NC(=O)c2cc(Oc3ccc(S(C)(=O)=O)cc3)cc(ON3CCCC3)c2)n1)OCC. The molecule has 1 amide bonds. The van der Waals surface area contributed by atoms with Gasteiger partial charge in [0.25, 0.3) is 5.91 Å². The second kappa shape index (κ2) is 13.2. The van der Waals surface area contributed by atoms with E-state index in [-0.39, 0.29) is 29.8 Å². The van der Waals surface area contributed by atoms with Gasteiger partial charge in [0.1, 0.15) is 11.5 Å². The van der Waals surface area contributed by atoms with Crippen LogP contribution in [0, 0.1) is 0 Å². The maximum absolute atomic E-state index is 13.2. The molecule has 0 bridgehead atoms. The number of thiazole rings is 1. The number of nitrogens with one attached hydrogen (secondary N) is 1. The van der Waals surface area contributed by atoms with E-state index in [0.717, 1.165) is 32.2 Å². The quantitative estimate of drug-likeness (QED) is 0.239. The van der Waals surface area contributed by atoms with E-state index in [1.807, 2.05) is 5.06 Å². The summed E-state index contributed by atoms with van der Waals surface area (Å²) in [7, 11) is -6.68. The Morgan fingerprint density at radius 3 is 2.30 bits per heavy atom. The standard InChI is InChI=1S/C26H32N3O8PS2/c1-4-34-38(31,35-5-2)17-20-18-39-26(27-20)28-25(30)19-14-22(16-23(15-19)37-29-12-6-7-13-29)36-21-8-10-24(11-9-21)40(3,32)33/h8-11,14-16,18H,4-7,12-13,17H2,1-3H3,(H,27,28,30). The average Bonchev–Trinajstić information content (AvgIpc) is 3.56. The second-order valence-electron chi connectivity index (χ2n) is 8.97. The van der Waals surface area contributed by atoms with Crippen LogP contribution in [0.3, 0.4) is 0 Å². The number of ether oxygens (including phenoxy) is 1. The summed E-state index contributed by atoms with van der Waals surface area (Å²) in [6.07, 6.45) is 3.16. The highest BCUT2D eigenvalue weighted by molar-refractivity contribution is 7.90. The molecule has 1 N–H and O–H groups in total. The monoisotopic (exact) mass is 609 g/mol. The summed E-state index contributed by atoms with van der Waals surface area (Å²) in [4.78, 5) is 23.8. The molecule has 0 saturated carbocycles. The third-order valence-corrected chi connectivity index (χ3v) is 9.66. The number of sulfone groups is 1. The number of amides is 1. The fraction of sp³-hybridized carbons (Fsp3) is 0.385. The van der Waals surface area contributed by atoms with Crippen LogP contribution in [0.25, 0.3) is 0 Å². The third kappa shape index (κ3) is 8.35. The molecule has 1 aromatic heterocycles. The highest BCUT2D eigenvalue weighted by atomic mass is 32.2. The number of benzene rings is 2. The summed E-state index contributed by atoms with van der Waals surface area (Å²) >= 11 is 1.19. The molecule has 14 heteroatoms. The number of carbonyl (C=O) groups is 1. The fourth-order valence-electron chi connectivity index (χ4n) is 3.96. The van der Waals surface area contributed by atoms with Crippen molar-refractivity contribution in [3.63, 3.8) is 0 Å². The summed E-state index contributed by atoms with van der Waals surface area (Å²) in [5.74, 6) is 0.715. The molecule has 3 aromatic rings. The van der Waals surface area contributed by atoms with E-state index in [4.69, 9.17) is 18.6 Å². The minimum Gasteiger partial charge on any atom is -0.457 e. The van der Waals surface area contributed by atoms with Crippen LogP contribution < -0.4 is 14.9 Å². The van der Waals surface area contributed by atoms with Crippen molar-refractivity contribution in [2.75, 3.05) is 37.9 Å². The van der Waals surface area contributed by atoms with Crippen molar-refractivity contribution in [3.8, 4) is 17.2 Å². The van der Waals surface area contributed by atoms with Crippen LogP contribution in [0.1, 0.15) is 42.7 Å². The topological polar surface area (TPSA) is 133 Å². The number of hydroxylamine groups is 2. The molecule has 0 unspecified atom stereocenters. The first-order valence-electron chi connectivity index (χ1n) is 12.8. The maximum Gasteiger partial charge on any atom is 0.336 e. The molecule has 11 nitrogen and oxygen atoms in total. The molecule has 2 aromatic carbocycles. The lowest BCUT2D eigenvalue weighted by atomic mass is 10.2. The molecule has 216 valence electrons. The molecule has 0 aliphatic carbocycles. The van der Waals surface area contributed by atoms with E-state index in [2.05, 4.69) is 10.3 Å². The summed E-state index contributed by atoms with van der Waals surface area (Å²) in [5.41, 5.74) is 0.753. The van der Waals surface area contributed by atoms with Crippen molar-refractivity contribution in [1.82, 2.24) is 10.0 Å². The van der Waals surface area contributed by atoms with Crippen LogP contribution in [0.2, 0.25) is 0 Å². The Morgan fingerprint density at radius 2 is 1.68 bits per heavy atom. The highest BCUT2D eigenvalue weighted by Crippen LogP contribution is 2.51. The van der Waals surface area contributed by atoms with Crippen molar-refractivity contribution in [2.45, 2.75) is 37.7 Å². The lowest BCUT2D eigenvalue weighted by molar-refractivity contribution is -0.0348. The van der Waals surface area contributed by atoms with Gasteiger partial charge in [0.2, 0.25) is 0 Å². The van der Waals surface area contributed by atoms with Gasteiger partial charge in [0.15, 0.2) is 20.7 Å². The predicted octanol–water partition coefficient (Wildman–Crippen LogP) is 5.75. The van der Waals surface area contributed by atoms with Crippen molar-refractivity contribution >= 4 is 39.8 Å². The maximum atomic E-state index is 13.2. The van der Waals surface area contributed by atoms with E-state index in [0.29, 0.717) is 28.1 Å². The lowest BCUT2D eigenvalue weighted by Crippen LogP contribution is -2.23. The van der Waals surface area contributed by atoms with Crippen molar-refractivity contribution in [1.29, 1.82) is 0 Å². The third-order valence-electron chi connectivity index (χ3n) is 5.71. The molecule has 40 heavy (non-hydrogen) atoms. The van der Waals surface area contributed by atoms with E-state index in [9.17, 15) is 17.8 Å². The first kappa shape index (κ1) is 30.2. The van der Waals surface area contributed by atoms with Gasteiger partial charge in [-0.3, -0.25) is 14.7 Å². The van der Waals surface area contributed by atoms with E-state index >= 15 is 0 Å². The van der Waals surface area contributed by atoms with E-state index in [1.165, 1.54) is 23.5 Å². The Kier molecular flexibility index (Phi) is 9.99. The number of hydrogen-bond acceptors (Lipinski definition) is 11. The largest absolute Gasteiger partial charge is 0.457 e. The normalized spacial score (nSPS) is 14.3. The van der Waals surface area contributed by atoms with Crippen molar-refractivity contribution in [2.24, 2.45) is 0 Å². The van der Waals surface area contributed by atoms with Crippen LogP contribution in [0.5, 0.6) is 17.2 Å². The van der Waals surface area contributed by atoms with Crippen molar-refractivity contribution < 1.29 is 36.4 Å². The van der Waals surface area contributed by atoms with Crippen molar-refractivity contribution in [3.05, 3.63) is 59.1 Å². The highest BCUT2D eigenvalue weighted by Gasteiger charge is 2.26. The van der Waals surface area contributed by atoms with Gasteiger partial charge in [-0.25, -0.2) is 13.4 Å². The molecule has 1 aliphatic rings. The number of rotatable bonds is 13. The van der Waals surface area contributed by atoms with Crippen LogP contribution >= 0.6 is 18.9 Å². The van der Waals surface area contributed by atoms with Crippen LogP contribution in [0.4, 0.5) is 5.13 Å². The average molecular weight is 610 g/mol. The molecule has 0 atom stereocenters. The van der Waals surface area contributed by atoms with Gasteiger partial charge in [-0.15, -0.1) is 16.4 Å². The lowest BCUT2D eigenvalue weighted by Gasteiger charge is -2.17.